The summed E-state index contributed by atoms with van der Waals surface area (Å²) in [6.07, 6.45) is 2.93. The number of anilines is 2. The van der Waals surface area contributed by atoms with E-state index in [4.69, 9.17) is 34.8 Å². The van der Waals surface area contributed by atoms with Gasteiger partial charge in [-0.15, -0.1) is 0 Å². The lowest BCUT2D eigenvalue weighted by molar-refractivity contribution is 0.788. The number of rotatable bonds is 6. The zero-order chi connectivity index (χ0) is 20.2. The van der Waals surface area contributed by atoms with Gasteiger partial charge in [0.05, 0.1) is 0 Å². The fraction of sp³-hybridized carbons (Fsp3) is 0.217. The van der Waals surface area contributed by atoms with Crippen LogP contribution in [0, 0.1) is 0 Å². The Kier molecular flexibility index (Phi) is 6.94. The SMILES string of the molecule is Clc1ccc(SNCCCN2c3ccc(Cl)cc3CCc3cc(Cl)ccc32)cc1. The van der Waals surface area contributed by atoms with E-state index in [0.717, 1.165) is 52.3 Å². The predicted octanol–water partition coefficient (Wildman–Crippen LogP) is 7.57. The van der Waals surface area contributed by atoms with Gasteiger partial charge in [-0.3, -0.25) is 4.72 Å². The molecule has 0 atom stereocenters. The van der Waals surface area contributed by atoms with Crippen molar-refractivity contribution in [2.45, 2.75) is 24.2 Å². The van der Waals surface area contributed by atoms with Gasteiger partial charge in [0.1, 0.15) is 0 Å². The zero-order valence-electron chi connectivity index (χ0n) is 15.8. The van der Waals surface area contributed by atoms with E-state index in [-0.39, 0.29) is 0 Å². The minimum absolute atomic E-state index is 0.757. The molecule has 0 unspecified atom stereocenters. The Bertz CT molecular complexity index is 938. The second-order valence-corrected chi connectivity index (χ2v) is 9.28. The molecule has 2 nitrogen and oxygen atoms in total. The molecule has 0 saturated heterocycles. The molecule has 0 aromatic heterocycles. The Morgan fingerprint density at radius 1 is 0.759 bits per heavy atom. The molecular weight excluding hydrogens is 443 g/mol. The molecule has 0 saturated carbocycles. The topological polar surface area (TPSA) is 15.3 Å². The molecule has 3 aromatic rings. The number of hydrogen-bond donors (Lipinski definition) is 1. The normalized spacial score (nSPS) is 13.0. The molecule has 4 rings (SSSR count). The largest absolute Gasteiger partial charge is 0.341 e. The lowest BCUT2D eigenvalue weighted by Gasteiger charge is -2.27. The highest BCUT2D eigenvalue weighted by Gasteiger charge is 2.20. The first-order valence-electron chi connectivity index (χ1n) is 9.60. The van der Waals surface area contributed by atoms with Crippen molar-refractivity contribution in [3.8, 4) is 0 Å². The van der Waals surface area contributed by atoms with Crippen LogP contribution in [-0.4, -0.2) is 13.1 Å². The summed E-state index contributed by atoms with van der Waals surface area (Å²) in [4.78, 5) is 3.56. The van der Waals surface area contributed by atoms with E-state index < -0.39 is 0 Å². The van der Waals surface area contributed by atoms with E-state index in [1.165, 1.54) is 22.5 Å². The second kappa shape index (κ2) is 9.63. The van der Waals surface area contributed by atoms with Gasteiger partial charge in [0.25, 0.3) is 0 Å². The van der Waals surface area contributed by atoms with E-state index in [0.29, 0.717) is 0 Å². The first-order chi connectivity index (χ1) is 14.1. The number of halogens is 3. The van der Waals surface area contributed by atoms with Gasteiger partial charge in [-0.2, -0.15) is 0 Å². The van der Waals surface area contributed by atoms with Crippen molar-refractivity contribution in [1.29, 1.82) is 0 Å². The smallest absolute Gasteiger partial charge is 0.0444 e. The van der Waals surface area contributed by atoms with Crippen LogP contribution in [0.25, 0.3) is 0 Å². The lowest BCUT2D eigenvalue weighted by atomic mass is 10.0. The quantitative estimate of drug-likeness (QED) is 0.300. The average Bonchev–Trinajstić information content (AvgIpc) is 2.85. The molecule has 150 valence electrons. The monoisotopic (exact) mass is 462 g/mol. The molecule has 0 fully saturated rings. The number of nitrogens with zero attached hydrogens (tertiary/aromatic N) is 1. The van der Waals surface area contributed by atoms with Gasteiger partial charge >= 0.3 is 0 Å². The van der Waals surface area contributed by atoms with Gasteiger partial charge in [-0.1, -0.05) is 34.8 Å². The minimum Gasteiger partial charge on any atom is -0.341 e. The van der Waals surface area contributed by atoms with E-state index in [9.17, 15) is 0 Å². The summed E-state index contributed by atoms with van der Waals surface area (Å²) in [5.41, 5.74) is 5.04. The highest BCUT2D eigenvalue weighted by atomic mass is 35.5. The van der Waals surface area contributed by atoms with Crippen molar-refractivity contribution >= 4 is 58.1 Å². The number of fused-ring (bicyclic) bond motifs is 2. The summed E-state index contributed by atoms with van der Waals surface area (Å²) in [6.45, 7) is 1.81. The standard InChI is InChI=1S/C23H21Cl3N2S/c24-18-4-8-21(9-5-18)29-27-12-1-13-28-22-10-6-19(25)14-16(22)2-3-17-15-20(26)7-11-23(17)28/h4-11,14-15,27H,1-3,12-13H2. The van der Waals surface area contributed by atoms with Crippen LogP contribution in [0.5, 0.6) is 0 Å². The molecule has 0 bridgehead atoms. The van der Waals surface area contributed by atoms with Crippen molar-refractivity contribution in [3.05, 3.63) is 86.9 Å². The number of benzene rings is 3. The fourth-order valence-corrected chi connectivity index (χ4v) is 4.82. The van der Waals surface area contributed by atoms with E-state index in [1.54, 1.807) is 11.9 Å². The van der Waals surface area contributed by atoms with Crippen LogP contribution in [0.15, 0.2) is 65.6 Å². The van der Waals surface area contributed by atoms with Crippen LogP contribution in [0.3, 0.4) is 0 Å². The van der Waals surface area contributed by atoms with Crippen molar-refractivity contribution < 1.29 is 0 Å². The van der Waals surface area contributed by atoms with Crippen molar-refractivity contribution in [2.24, 2.45) is 0 Å². The van der Waals surface area contributed by atoms with E-state index >= 15 is 0 Å². The summed E-state index contributed by atoms with van der Waals surface area (Å²) in [7, 11) is 0. The number of aryl methyl sites for hydroxylation is 2. The summed E-state index contributed by atoms with van der Waals surface area (Å²) in [5, 5.41) is 2.33. The zero-order valence-corrected chi connectivity index (χ0v) is 18.9. The van der Waals surface area contributed by atoms with Gasteiger partial charge in [0, 0.05) is 44.4 Å². The first-order valence-corrected chi connectivity index (χ1v) is 11.5. The second-order valence-electron chi connectivity index (χ2n) is 7.00. The Hall–Kier alpha value is -1.36. The minimum atomic E-state index is 0.757. The molecule has 1 heterocycles. The van der Waals surface area contributed by atoms with Gasteiger partial charge < -0.3 is 4.90 Å². The van der Waals surface area contributed by atoms with Gasteiger partial charge in [-0.05, 0) is 103 Å². The molecule has 1 aliphatic heterocycles. The van der Waals surface area contributed by atoms with Gasteiger partial charge in [-0.25, -0.2) is 0 Å². The van der Waals surface area contributed by atoms with Crippen LogP contribution in [0.1, 0.15) is 17.5 Å². The molecule has 0 radical (unpaired) electrons. The summed E-state index contributed by atoms with van der Waals surface area (Å²) in [5.74, 6) is 0. The third-order valence-electron chi connectivity index (χ3n) is 4.99. The third-order valence-corrected chi connectivity index (χ3v) is 6.57. The lowest BCUT2D eigenvalue weighted by Crippen LogP contribution is -2.22. The predicted molar refractivity (Wildman–Crippen MR) is 127 cm³/mol. The highest BCUT2D eigenvalue weighted by molar-refractivity contribution is 7.97. The third kappa shape index (κ3) is 5.22. The van der Waals surface area contributed by atoms with Gasteiger partial charge in [0.15, 0.2) is 0 Å². The van der Waals surface area contributed by atoms with Crippen LogP contribution in [-0.2, 0) is 12.8 Å². The maximum atomic E-state index is 6.27. The maximum Gasteiger partial charge on any atom is 0.0444 e. The Morgan fingerprint density at radius 3 is 1.90 bits per heavy atom. The van der Waals surface area contributed by atoms with Crippen LogP contribution < -0.4 is 9.62 Å². The van der Waals surface area contributed by atoms with Crippen LogP contribution in [0.4, 0.5) is 11.4 Å². The van der Waals surface area contributed by atoms with Crippen molar-refractivity contribution in [3.63, 3.8) is 0 Å². The Balaban J connectivity index is 1.46. The van der Waals surface area contributed by atoms with Crippen molar-refractivity contribution in [1.82, 2.24) is 4.72 Å². The first kappa shape index (κ1) is 20.9. The summed E-state index contributed by atoms with van der Waals surface area (Å²) < 4.78 is 3.45. The maximum absolute atomic E-state index is 6.27. The van der Waals surface area contributed by atoms with E-state index in [2.05, 4.69) is 33.9 Å². The fourth-order valence-electron chi connectivity index (χ4n) is 3.62. The van der Waals surface area contributed by atoms with Crippen LogP contribution >= 0.6 is 46.8 Å². The highest BCUT2D eigenvalue weighted by Crippen LogP contribution is 2.38. The molecule has 0 spiro atoms. The molecule has 1 N–H and O–H groups in total. The molecular formula is C23H21Cl3N2S. The molecule has 6 heteroatoms. The molecule has 1 aliphatic rings. The molecule has 29 heavy (non-hydrogen) atoms. The molecule has 3 aromatic carbocycles. The van der Waals surface area contributed by atoms with Crippen LogP contribution in [0.2, 0.25) is 15.1 Å². The van der Waals surface area contributed by atoms with Crippen molar-refractivity contribution in [2.75, 3.05) is 18.0 Å². The van der Waals surface area contributed by atoms with Gasteiger partial charge in [0.2, 0.25) is 0 Å². The molecule has 0 amide bonds. The Labute approximate surface area is 191 Å². The number of nitrogens with one attached hydrogen (secondary N) is 1. The summed E-state index contributed by atoms with van der Waals surface area (Å²) >= 11 is 20.1. The Morgan fingerprint density at radius 2 is 1.31 bits per heavy atom. The summed E-state index contributed by atoms with van der Waals surface area (Å²) in [6, 6.07) is 20.3. The number of hydrogen-bond acceptors (Lipinski definition) is 3. The average molecular weight is 464 g/mol. The van der Waals surface area contributed by atoms with E-state index in [1.807, 2.05) is 36.4 Å². The molecule has 0 aliphatic carbocycles.